The van der Waals surface area contributed by atoms with E-state index >= 15 is 0 Å². The predicted molar refractivity (Wildman–Crippen MR) is 64.7 cm³/mol. The molecule has 0 rings (SSSR count). The lowest BCUT2D eigenvalue weighted by molar-refractivity contribution is 0.106. The summed E-state index contributed by atoms with van der Waals surface area (Å²) in [6, 6.07) is 0. The SMILES string of the molecule is CC(C)(C)[Si](C)(C)OCCOCCCl. The van der Waals surface area contributed by atoms with Gasteiger partial charge in [-0.1, -0.05) is 20.8 Å². The summed E-state index contributed by atoms with van der Waals surface area (Å²) in [5, 5.41) is 0.277. The van der Waals surface area contributed by atoms with Crippen LogP contribution >= 0.6 is 11.6 Å². The highest BCUT2D eigenvalue weighted by molar-refractivity contribution is 6.74. The second-order valence-corrected chi connectivity index (χ2v) is 10.1. The summed E-state index contributed by atoms with van der Waals surface area (Å²) in [5.41, 5.74) is 0. The molecule has 0 atom stereocenters. The number of hydrogen-bond acceptors (Lipinski definition) is 2. The van der Waals surface area contributed by atoms with Crippen LogP contribution in [0.25, 0.3) is 0 Å². The molecule has 2 nitrogen and oxygen atoms in total. The summed E-state index contributed by atoms with van der Waals surface area (Å²) in [7, 11) is -1.58. The Balaban J connectivity index is 3.67. The van der Waals surface area contributed by atoms with Crippen molar-refractivity contribution in [3.8, 4) is 0 Å². The van der Waals surface area contributed by atoms with E-state index in [0.717, 1.165) is 0 Å². The topological polar surface area (TPSA) is 18.5 Å². The summed E-state index contributed by atoms with van der Waals surface area (Å²) in [5.74, 6) is 0.556. The van der Waals surface area contributed by atoms with Crippen LogP contribution in [0, 0.1) is 0 Å². The summed E-state index contributed by atoms with van der Waals surface area (Å²) in [6.45, 7) is 13.1. The Hall–Kier alpha value is 0.427. The van der Waals surface area contributed by atoms with Gasteiger partial charge in [0.1, 0.15) is 0 Å². The van der Waals surface area contributed by atoms with Crippen LogP contribution in [0.4, 0.5) is 0 Å². The van der Waals surface area contributed by atoms with E-state index in [4.69, 9.17) is 20.8 Å². The number of ether oxygens (including phenoxy) is 1. The molecule has 0 aliphatic heterocycles. The molecule has 0 saturated carbocycles. The van der Waals surface area contributed by atoms with E-state index in [9.17, 15) is 0 Å². The third kappa shape index (κ3) is 5.34. The average molecular weight is 239 g/mol. The van der Waals surface area contributed by atoms with Gasteiger partial charge in [0.15, 0.2) is 8.32 Å². The second kappa shape index (κ2) is 6.11. The Labute approximate surface area is 94.1 Å². The molecule has 0 unspecified atom stereocenters. The maximum absolute atomic E-state index is 5.91. The minimum atomic E-state index is -1.58. The van der Waals surface area contributed by atoms with Crippen molar-refractivity contribution in [2.24, 2.45) is 0 Å². The Morgan fingerprint density at radius 2 is 1.64 bits per heavy atom. The van der Waals surface area contributed by atoms with Crippen molar-refractivity contribution in [3.05, 3.63) is 0 Å². The fourth-order valence-electron chi connectivity index (χ4n) is 0.729. The maximum Gasteiger partial charge on any atom is 0.192 e. The van der Waals surface area contributed by atoms with Crippen LogP contribution in [0.15, 0.2) is 0 Å². The third-order valence-corrected chi connectivity index (χ3v) is 7.41. The number of hydrogen-bond donors (Lipinski definition) is 0. The lowest BCUT2D eigenvalue weighted by Gasteiger charge is -2.36. The average Bonchev–Trinajstić information content (AvgIpc) is 2.02. The van der Waals surface area contributed by atoms with Gasteiger partial charge in [-0.25, -0.2) is 0 Å². The van der Waals surface area contributed by atoms with Crippen LogP contribution < -0.4 is 0 Å². The lowest BCUT2D eigenvalue weighted by atomic mass is 10.2. The molecular weight excluding hydrogens is 216 g/mol. The maximum atomic E-state index is 5.91. The Morgan fingerprint density at radius 3 is 2.07 bits per heavy atom. The molecule has 0 heterocycles. The van der Waals surface area contributed by atoms with Crippen molar-refractivity contribution in [2.75, 3.05) is 25.7 Å². The van der Waals surface area contributed by atoms with Crippen molar-refractivity contribution in [1.29, 1.82) is 0 Å². The zero-order chi connectivity index (χ0) is 11.2. The van der Waals surface area contributed by atoms with Gasteiger partial charge in [0, 0.05) is 5.88 Å². The summed E-state index contributed by atoms with van der Waals surface area (Å²) in [4.78, 5) is 0. The van der Waals surface area contributed by atoms with Gasteiger partial charge in [-0.3, -0.25) is 0 Å². The molecule has 0 aromatic carbocycles. The highest BCUT2D eigenvalue weighted by Gasteiger charge is 2.36. The standard InChI is InChI=1S/C10H23ClO2Si/c1-10(2,3)14(4,5)13-9-8-12-7-6-11/h6-9H2,1-5H3. The van der Waals surface area contributed by atoms with Crippen LogP contribution in [0.1, 0.15) is 20.8 Å². The van der Waals surface area contributed by atoms with Crippen molar-refractivity contribution >= 4 is 19.9 Å². The van der Waals surface area contributed by atoms with Gasteiger partial charge in [-0.15, -0.1) is 11.6 Å². The van der Waals surface area contributed by atoms with Crippen molar-refractivity contribution in [2.45, 2.75) is 38.9 Å². The largest absolute Gasteiger partial charge is 0.414 e. The normalized spacial score (nSPS) is 13.3. The molecule has 0 saturated heterocycles. The molecule has 86 valence electrons. The second-order valence-electron chi connectivity index (χ2n) is 4.91. The van der Waals surface area contributed by atoms with Gasteiger partial charge in [-0.05, 0) is 18.1 Å². The van der Waals surface area contributed by atoms with Crippen LogP contribution in [-0.4, -0.2) is 34.0 Å². The molecule has 0 aromatic rings. The number of rotatable bonds is 6. The summed E-state index contributed by atoms with van der Waals surface area (Å²) in [6.07, 6.45) is 0. The molecule has 0 amide bonds. The van der Waals surface area contributed by atoms with Crippen molar-refractivity contribution < 1.29 is 9.16 Å². The zero-order valence-electron chi connectivity index (χ0n) is 10.0. The van der Waals surface area contributed by atoms with Crippen LogP contribution in [0.5, 0.6) is 0 Å². The van der Waals surface area contributed by atoms with Gasteiger partial charge < -0.3 is 9.16 Å². The first-order chi connectivity index (χ1) is 6.31. The van der Waals surface area contributed by atoms with E-state index < -0.39 is 8.32 Å². The van der Waals surface area contributed by atoms with Gasteiger partial charge in [0.05, 0.1) is 19.8 Å². The fourth-order valence-corrected chi connectivity index (χ4v) is 1.86. The highest BCUT2D eigenvalue weighted by Crippen LogP contribution is 2.36. The molecule has 14 heavy (non-hydrogen) atoms. The summed E-state index contributed by atoms with van der Waals surface area (Å²) >= 11 is 5.49. The molecule has 0 aliphatic carbocycles. The molecule has 4 heteroatoms. The fraction of sp³-hybridized carbons (Fsp3) is 1.00. The number of halogens is 1. The first kappa shape index (κ1) is 14.4. The van der Waals surface area contributed by atoms with Crippen LogP contribution in [0.3, 0.4) is 0 Å². The van der Waals surface area contributed by atoms with Crippen LogP contribution in [-0.2, 0) is 9.16 Å². The van der Waals surface area contributed by atoms with E-state index in [-0.39, 0.29) is 5.04 Å². The van der Waals surface area contributed by atoms with Gasteiger partial charge in [-0.2, -0.15) is 0 Å². The monoisotopic (exact) mass is 238 g/mol. The highest BCUT2D eigenvalue weighted by atomic mass is 35.5. The van der Waals surface area contributed by atoms with Gasteiger partial charge in [0.25, 0.3) is 0 Å². The lowest BCUT2D eigenvalue weighted by Crippen LogP contribution is -2.41. The minimum absolute atomic E-state index is 0.277. The van der Waals surface area contributed by atoms with E-state index in [2.05, 4.69) is 33.9 Å². The molecule has 0 aliphatic rings. The smallest absolute Gasteiger partial charge is 0.192 e. The molecule has 0 aromatic heterocycles. The molecule has 0 fully saturated rings. The van der Waals surface area contributed by atoms with Gasteiger partial charge >= 0.3 is 0 Å². The van der Waals surface area contributed by atoms with Crippen molar-refractivity contribution in [3.63, 3.8) is 0 Å². The van der Waals surface area contributed by atoms with Crippen molar-refractivity contribution in [1.82, 2.24) is 0 Å². The molecule has 0 bridgehead atoms. The number of alkyl halides is 1. The first-order valence-electron chi connectivity index (χ1n) is 5.09. The van der Waals surface area contributed by atoms with E-state index in [1.807, 2.05) is 0 Å². The molecular formula is C10H23ClO2Si. The summed E-state index contributed by atoms with van der Waals surface area (Å²) < 4.78 is 11.2. The molecule has 0 N–H and O–H groups in total. The predicted octanol–water partition coefficient (Wildman–Crippen LogP) is 3.26. The Bertz CT molecular complexity index is 155. The quantitative estimate of drug-likeness (QED) is 0.402. The Morgan fingerprint density at radius 1 is 1.07 bits per heavy atom. The first-order valence-corrected chi connectivity index (χ1v) is 8.53. The van der Waals surface area contributed by atoms with E-state index in [0.29, 0.717) is 25.7 Å². The molecule has 0 radical (unpaired) electrons. The molecule has 0 spiro atoms. The minimum Gasteiger partial charge on any atom is -0.414 e. The van der Waals surface area contributed by atoms with E-state index in [1.54, 1.807) is 0 Å². The third-order valence-electron chi connectivity index (χ3n) is 2.72. The van der Waals surface area contributed by atoms with E-state index in [1.165, 1.54) is 0 Å². The zero-order valence-corrected chi connectivity index (χ0v) is 11.8. The van der Waals surface area contributed by atoms with Crippen LogP contribution in [0.2, 0.25) is 18.1 Å². The van der Waals surface area contributed by atoms with Gasteiger partial charge in [0.2, 0.25) is 0 Å². The Kier molecular flexibility index (Phi) is 6.29.